The van der Waals surface area contributed by atoms with Crippen molar-refractivity contribution in [2.45, 2.75) is 47.1 Å². The van der Waals surface area contributed by atoms with Crippen molar-refractivity contribution < 1.29 is 20.4 Å². The van der Waals surface area contributed by atoms with Crippen molar-refractivity contribution in [3.8, 4) is 11.4 Å². The van der Waals surface area contributed by atoms with E-state index < -0.39 is 6.03 Å². The molecule has 0 aliphatic heterocycles. The van der Waals surface area contributed by atoms with Crippen molar-refractivity contribution in [2.24, 2.45) is 0 Å². The quantitative estimate of drug-likeness (QED) is 0.116. The molecule has 0 aliphatic carbocycles. The summed E-state index contributed by atoms with van der Waals surface area (Å²) in [5.41, 5.74) is 3.56. The molecule has 13 heteroatoms. The van der Waals surface area contributed by atoms with Gasteiger partial charge < -0.3 is 20.1 Å². The molecule has 0 radical (unpaired) electrons. The number of nitrogens with one attached hydrogen (secondary N) is 3. The van der Waals surface area contributed by atoms with Crippen molar-refractivity contribution in [1.82, 2.24) is 14.8 Å². The predicted molar refractivity (Wildman–Crippen MR) is 192 cm³/mol. The molecule has 3 amide bonds. The molecule has 2 aromatic carbocycles. The van der Waals surface area contributed by atoms with Gasteiger partial charge in [-0.15, -0.1) is 0 Å². The van der Waals surface area contributed by atoms with E-state index in [1.54, 1.807) is 35.1 Å². The first-order valence-corrected chi connectivity index (χ1v) is 15.6. The van der Waals surface area contributed by atoms with Gasteiger partial charge in [-0.05, 0) is 53.8 Å². The Morgan fingerprint density at radius 2 is 1.71 bits per heavy atom. The Kier molecular flexibility index (Phi) is 13.9. The molecule has 0 bridgehead atoms. The molecule has 242 valence electrons. The lowest BCUT2D eigenvalue weighted by molar-refractivity contribution is -0.119. The normalized spacial score (nSPS) is 10.9. The summed E-state index contributed by atoms with van der Waals surface area (Å²) in [6, 6.07) is 15.8. The summed E-state index contributed by atoms with van der Waals surface area (Å²) in [5, 5.41) is 13.3. The number of carbonyl (C=O) groups is 2. The van der Waals surface area contributed by atoms with Crippen LogP contribution in [-0.2, 0) is 21.6 Å². The number of benzene rings is 2. The first-order chi connectivity index (χ1) is 21.4. The zero-order valence-electron chi connectivity index (χ0n) is 26.0. The number of nitrogens with zero attached hydrogens (tertiary/aromatic N) is 3. The molecule has 0 saturated heterocycles. The highest BCUT2D eigenvalue weighted by Crippen LogP contribution is 2.38. The van der Waals surface area contributed by atoms with Gasteiger partial charge in [0.25, 0.3) is 5.91 Å². The van der Waals surface area contributed by atoms with Crippen LogP contribution in [0.4, 0.5) is 22.1 Å². The molecule has 0 spiro atoms. The van der Waals surface area contributed by atoms with Crippen LogP contribution in [0.2, 0.25) is 10.0 Å². The molecule has 2 heterocycles. The molecule has 0 unspecified atom stereocenters. The molecule has 10 nitrogen and oxygen atoms in total. The second kappa shape index (κ2) is 17.3. The number of hydrogen-bond acceptors (Lipinski definition) is 6. The van der Waals surface area contributed by atoms with Gasteiger partial charge in [-0.3, -0.25) is 10.1 Å². The smallest absolute Gasteiger partial charge is 0.324 e. The highest BCUT2D eigenvalue weighted by molar-refractivity contribution is 14.1. The fraction of sp³-hybridized carbons (Fsp3) is 0.312. The zero-order valence-corrected chi connectivity index (χ0v) is 28.7. The highest BCUT2D eigenvalue weighted by atomic mass is 127. The van der Waals surface area contributed by atoms with Gasteiger partial charge in [-0.1, -0.05) is 91.7 Å². The summed E-state index contributed by atoms with van der Waals surface area (Å²) in [5.74, 6) is 0.866. The third kappa shape index (κ3) is 10.6. The van der Waals surface area contributed by atoms with Crippen LogP contribution >= 0.6 is 45.8 Å². The fourth-order valence-corrected chi connectivity index (χ4v) is 4.26. The molecule has 45 heavy (non-hydrogen) atoms. The number of alkyl halides is 1. The van der Waals surface area contributed by atoms with Crippen LogP contribution in [0.25, 0.3) is 5.69 Å². The first kappa shape index (κ1) is 36.1. The van der Waals surface area contributed by atoms with Crippen LogP contribution in [0, 0.1) is 6.92 Å². The number of ether oxygens (including phenoxy) is 2. The summed E-state index contributed by atoms with van der Waals surface area (Å²) in [7, 11) is 1.43. The van der Waals surface area contributed by atoms with E-state index in [9.17, 15) is 9.59 Å². The van der Waals surface area contributed by atoms with E-state index in [0.717, 1.165) is 22.5 Å². The molecular weight excluding hydrogens is 730 g/mol. The van der Waals surface area contributed by atoms with Crippen molar-refractivity contribution >= 4 is 75.1 Å². The number of rotatable bonds is 9. The summed E-state index contributed by atoms with van der Waals surface area (Å²) >= 11 is 14.9. The number of hydrogen-bond donors (Lipinski definition) is 3. The number of methoxy groups -OCH3 is 1. The van der Waals surface area contributed by atoms with Crippen LogP contribution in [0.5, 0.6) is 5.75 Å². The van der Waals surface area contributed by atoms with E-state index in [0.29, 0.717) is 28.0 Å². The number of amides is 3. The van der Waals surface area contributed by atoms with E-state index in [1.807, 2.05) is 59.8 Å². The summed E-state index contributed by atoms with van der Waals surface area (Å²) in [4.78, 5) is 29.4. The number of carbonyl (C=O) groups excluding carboxylic acids is 2. The van der Waals surface area contributed by atoms with Crippen LogP contribution < -0.4 is 20.7 Å². The summed E-state index contributed by atoms with van der Waals surface area (Å²) < 4.78 is 18.6. The standard InChI is InChI=1S/C30H32Cl2N6O4.CH3I.CH4/c1-18-6-8-20(9-7-18)38-25(15-23(37-38)30(2,3)4)36-29(40)34-21-10-11-22(28(32)27(21)31)42-16-19-12-13-33-24(14-19)35-26(39)17-41-5;1-2;/h6-15H,16-17H2,1-5H3,(H,33,35,39)(H2,34,36,40);1H3;1H4/i;1D;. The molecule has 0 atom stereocenters. The topological polar surface area (TPSA) is 119 Å². The molecule has 0 fully saturated rings. The van der Waals surface area contributed by atoms with Crippen LogP contribution in [0.3, 0.4) is 0 Å². The third-order valence-corrected chi connectivity index (χ3v) is 6.92. The molecule has 0 aliphatic rings. The second-order valence-corrected chi connectivity index (χ2v) is 11.3. The van der Waals surface area contributed by atoms with Gasteiger partial charge >= 0.3 is 6.03 Å². The maximum absolute atomic E-state index is 13.0. The molecule has 3 N–H and O–H groups in total. The Morgan fingerprint density at radius 1 is 1.02 bits per heavy atom. The first-order valence-electron chi connectivity index (χ1n) is 14.0. The summed E-state index contributed by atoms with van der Waals surface area (Å²) in [6.45, 7) is 8.23. The second-order valence-electron chi connectivity index (χ2n) is 10.5. The van der Waals surface area contributed by atoms with E-state index >= 15 is 0 Å². The maximum atomic E-state index is 13.0. The lowest BCUT2D eigenvalue weighted by Gasteiger charge is -2.14. The van der Waals surface area contributed by atoms with Crippen LogP contribution in [0.15, 0.2) is 60.8 Å². The molecule has 0 saturated carbocycles. The Balaban J connectivity index is 0.00000177. The Morgan fingerprint density at radius 3 is 2.36 bits per heavy atom. The average molecular weight is 771 g/mol. The Hall–Kier alpha value is -3.39. The number of anilines is 3. The highest BCUT2D eigenvalue weighted by Gasteiger charge is 2.22. The Labute approximate surface area is 289 Å². The third-order valence-electron chi connectivity index (χ3n) is 6.05. The molecule has 2 aromatic heterocycles. The summed E-state index contributed by atoms with van der Waals surface area (Å²) in [6.07, 6.45) is 1.55. The number of pyridine rings is 1. The number of halogens is 3. The minimum atomic E-state index is -0.518. The zero-order chi connectivity index (χ0) is 33.1. The van der Waals surface area contributed by atoms with Crippen molar-refractivity contribution in [2.75, 3.05) is 34.6 Å². The molecule has 4 rings (SSSR count). The van der Waals surface area contributed by atoms with E-state index in [2.05, 4.69) is 41.7 Å². The maximum Gasteiger partial charge on any atom is 0.324 e. The number of urea groups is 1. The number of aryl methyl sites for hydroxylation is 1. The SMILES string of the molecule is C.COCC(=O)Nc1cc(COc2ccc(NC(=O)Nc3cc(C(C)(C)C)nn3-c3ccc(C)cc3)c(Cl)c2Cl)ccn1.[2H]CI. The van der Waals surface area contributed by atoms with Gasteiger partial charge in [-0.2, -0.15) is 5.10 Å². The van der Waals surface area contributed by atoms with E-state index in [-0.39, 0.29) is 42.0 Å². The van der Waals surface area contributed by atoms with Crippen molar-refractivity contribution in [1.29, 1.82) is 0 Å². The van der Waals surface area contributed by atoms with Gasteiger partial charge in [0.2, 0.25) is 0 Å². The monoisotopic (exact) mass is 769 g/mol. The lowest BCUT2D eigenvalue weighted by Crippen LogP contribution is -2.21. The van der Waals surface area contributed by atoms with Crippen LogP contribution in [0.1, 0.15) is 46.4 Å². The fourth-order valence-electron chi connectivity index (χ4n) is 3.83. The van der Waals surface area contributed by atoms with Crippen molar-refractivity contribution in [3.05, 3.63) is 87.7 Å². The average Bonchev–Trinajstić information content (AvgIpc) is 3.40. The number of aromatic nitrogens is 3. The van der Waals surface area contributed by atoms with Gasteiger partial charge in [0.15, 0.2) is 0 Å². The molecular formula is C32H39Cl2IN6O4. The van der Waals surface area contributed by atoms with Gasteiger partial charge in [-0.25, -0.2) is 14.5 Å². The van der Waals surface area contributed by atoms with Gasteiger partial charge in [0.05, 0.1) is 22.1 Å². The van der Waals surface area contributed by atoms with E-state index in [4.69, 9.17) is 39.1 Å². The molecule has 4 aromatic rings. The van der Waals surface area contributed by atoms with Gasteiger partial charge in [0, 0.05) is 26.2 Å². The largest absolute Gasteiger partial charge is 0.487 e. The minimum absolute atomic E-state index is 0. The van der Waals surface area contributed by atoms with E-state index in [1.165, 1.54) is 7.11 Å². The van der Waals surface area contributed by atoms with Gasteiger partial charge in [0.1, 0.15) is 35.6 Å². The minimum Gasteiger partial charge on any atom is -0.487 e. The van der Waals surface area contributed by atoms with Crippen molar-refractivity contribution in [3.63, 3.8) is 0 Å². The van der Waals surface area contributed by atoms with Crippen LogP contribution in [-0.4, -0.2) is 45.3 Å². The Bertz CT molecular complexity index is 1610. The predicted octanol–water partition coefficient (Wildman–Crippen LogP) is 8.68. The lowest BCUT2D eigenvalue weighted by atomic mass is 9.92.